The Hall–Kier alpha value is -1.22. The molecule has 1 aliphatic heterocycles. The number of aliphatic hydroxyl groups excluding tert-OH is 2. The number of hydrogen-bond donors (Lipinski definition) is 4. The van der Waals surface area contributed by atoms with Gasteiger partial charge in [-0.25, -0.2) is 4.79 Å². The number of carbonyl (C=O) groups is 2. The summed E-state index contributed by atoms with van der Waals surface area (Å²) < 4.78 is 11.2. The summed E-state index contributed by atoms with van der Waals surface area (Å²) in [7, 11) is 0. The highest BCUT2D eigenvalue weighted by molar-refractivity contribution is 5.78. The van der Waals surface area contributed by atoms with Crippen molar-refractivity contribution in [3.63, 3.8) is 0 Å². The van der Waals surface area contributed by atoms with Crippen molar-refractivity contribution >= 4 is 11.9 Å². The molecule has 0 aliphatic carbocycles. The van der Waals surface area contributed by atoms with Crippen LogP contribution in [0.25, 0.3) is 0 Å². The molecule has 1 rings (SSSR count). The highest BCUT2D eigenvalue weighted by Crippen LogP contribution is 2.37. The molecule has 1 fully saturated rings. The van der Waals surface area contributed by atoms with Gasteiger partial charge in [-0.3, -0.25) is 4.79 Å². The van der Waals surface area contributed by atoms with Crippen LogP contribution in [0.2, 0.25) is 0 Å². The molecule has 1 aliphatic rings. The van der Waals surface area contributed by atoms with Crippen LogP contribution in [0.1, 0.15) is 52.4 Å². The van der Waals surface area contributed by atoms with Gasteiger partial charge in [0.15, 0.2) is 0 Å². The summed E-state index contributed by atoms with van der Waals surface area (Å²) in [6.07, 6.45) is 3.60. The van der Waals surface area contributed by atoms with Crippen molar-refractivity contribution in [2.45, 2.75) is 70.3 Å². The second-order valence-electron chi connectivity index (χ2n) is 6.41. The van der Waals surface area contributed by atoms with Crippen molar-refractivity contribution in [1.82, 2.24) is 5.32 Å². The van der Waals surface area contributed by atoms with Crippen molar-refractivity contribution in [3.05, 3.63) is 0 Å². The predicted octanol–water partition coefficient (Wildman–Crippen LogP) is 0.649. The van der Waals surface area contributed by atoms with Gasteiger partial charge in [0.2, 0.25) is 5.91 Å². The Labute approximate surface area is 148 Å². The van der Waals surface area contributed by atoms with Crippen molar-refractivity contribution < 1.29 is 34.4 Å². The standard InChI is InChI=1S/C17H31NO7/c1-3-5-6-7-9-24-17(16(22)23)12(8-4-2)15(21)13(11-25-17)18-14(20)10-19/h12-13,15,19,21H,3-11H2,1-2H3,(H,18,20)(H,22,23). The van der Waals surface area contributed by atoms with Crippen molar-refractivity contribution in [1.29, 1.82) is 0 Å². The Kier molecular flexibility index (Phi) is 9.34. The first-order valence-corrected chi connectivity index (χ1v) is 9.02. The number of hydrogen-bond acceptors (Lipinski definition) is 6. The quantitative estimate of drug-likeness (QED) is 0.398. The van der Waals surface area contributed by atoms with Gasteiger partial charge in [0.1, 0.15) is 6.61 Å². The summed E-state index contributed by atoms with van der Waals surface area (Å²) in [5.74, 6) is -4.65. The lowest BCUT2D eigenvalue weighted by molar-refractivity contribution is -0.302. The first-order valence-electron chi connectivity index (χ1n) is 9.02. The Morgan fingerprint density at radius 2 is 1.96 bits per heavy atom. The van der Waals surface area contributed by atoms with Gasteiger partial charge in [-0.15, -0.1) is 0 Å². The van der Waals surface area contributed by atoms with E-state index >= 15 is 0 Å². The molecule has 0 spiro atoms. The monoisotopic (exact) mass is 361 g/mol. The average Bonchev–Trinajstić information content (AvgIpc) is 2.59. The number of carboxylic acids is 1. The number of carbonyl (C=O) groups excluding carboxylic acids is 1. The summed E-state index contributed by atoms with van der Waals surface area (Å²) in [5.41, 5.74) is 0. The SMILES string of the molecule is CCCCCCOC1(C(=O)O)OCC(NC(=O)CO)C(O)C1CCC. The number of unbranched alkanes of at least 4 members (excludes halogenated alkanes) is 3. The number of ether oxygens (including phenoxy) is 2. The third-order valence-corrected chi connectivity index (χ3v) is 4.49. The van der Waals surface area contributed by atoms with E-state index in [1.807, 2.05) is 6.92 Å². The Bertz CT molecular complexity index is 431. The Morgan fingerprint density at radius 3 is 2.52 bits per heavy atom. The third-order valence-electron chi connectivity index (χ3n) is 4.49. The van der Waals surface area contributed by atoms with Gasteiger partial charge < -0.3 is 30.1 Å². The lowest BCUT2D eigenvalue weighted by atomic mass is 9.82. The van der Waals surface area contributed by atoms with Crippen LogP contribution in [0.15, 0.2) is 0 Å². The molecule has 1 heterocycles. The maximum absolute atomic E-state index is 11.9. The van der Waals surface area contributed by atoms with Crippen molar-refractivity contribution in [2.24, 2.45) is 5.92 Å². The maximum Gasteiger partial charge on any atom is 0.364 e. The van der Waals surface area contributed by atoms with Crippen LogP contribution < -0.4 is 5.32 Å². The minimum Gasteiger partial charge on any atom is -0.477 e. The molecular formula is C17H31NO7. The lowest BCUT2D eigenvalue weighted by Gasteiger charge is -2.46. The Morgan fingerprint density at radius 1 is 1.24 bits per heavy atom. The van der Waals surface area contributed by atoms with Crippen LogP contribution in [0.4, 0.5) is 0 Å². The molecule has 0 radical (unpaired) electrons. The second-order valence-corrected chi connectivity index (χ2v) is 6.41. The normalized spacial score (nSPS) is 29.4. The maximum atomic E-state index is 11.9. The molecule has 1 amide bonds. The van der Waals surface area contributed by atoms with E-state index in [0.717, 1.165) is 19.3 Å². The van der Waals surface area contributed by atoms with Gasteiger partial charge in [-0.05, 0) is 12.8 Å². The fraction of sp³-hybridized carbons (Fsp3) is 0.882. The number of aliphatic hydroxyl groups is 2. The van der Waals surface area contributed by atoms with E-state index in [0.29, 0.717) is 19.3 Å². The molecule has 0 aromatic rings. The van der Waals surface area contributed by atoms with E-state index in [-0.39, 0.29) is 13.2 Å². The van der Waals surface area contributed by atoms with E-state index in [1.165, 1.54) is 0 Å². The van der Waals surface area contributed by atoms with Gasteiger partial charge >= 0.3 is 5.97 Å². The number of nitrogens with one attached hydrogen (secondary N) is 1. The summed E-state index contributed by atoms with van der Waals surface area (Å²) >= 11 is 0. The Balaban J connectivity index is 2.87. The van der Waals surface area contributed by atoms with E-state index in [2.05, 4.69) is 12.2 Å². The van der Waals surface area contributed by atoms with Crippen LogP contribution in [-0.2, 0) is 19.1 Å². The molecule has 4 atom stereocenters. The first kappa shape index (κ1) is 21.8. The van der Waals surface area contributed by atoms with Gasteiger partial charge in [0, 0.05) is 0 Å². The van der Waals surface area contributed by atoms with Gasteiger partial charge in [-0.1, -0.05) is 39.5 Å². The second kappa shape index (κ2) is 10.7. The van der Waals surface area contributed by atoms with Gasteiger partial charge in [-0.2, -0.15) is 0 Å². The van der Waals surface area contributed by atoms with Crippen LogP contribution >= 0.6 is 0 Å². The van der Waals surface area contributed by atoms with E-state index in [1.54, 1.807) is 0 Å². The number of amides is 1. The molecule has 25 heavy (non-hydrogen) atoms. The van der Waals surface area contributed by atoms with Gasteiger partial charge in [0.25, 0.3) is 5.79 Å². The fourth-order valence-corrected chi connectivity index (χ4v) is 3.16. The summed E-state index contributed by atoms with van der Waals surface area (Å²) in [6, 6.07) is -0.785. The molecule has 8 nitrogen and oxygen atoms in total. The zero-order valence-corrected chi connectivity index (χ0v) is 15.1. The summed E-state index contributed by atoms with van der Waals surface area (Å²) in [5, 5.41) is 31.6. The average molecular weight is 361 g/mol. The highest BCUT2D eigenvalue weighted by atomic mass is 16.7. The van der Waals surface area contributed by atoms with Crippen LogP contribution in [0.3, 0.4) is 0 Å². The molecular weight excluding hydrogens is 330 g/mol. The largest absolute Gasteiger partial charge is 0.477 e. The van der Waals surface area contributed by atoms with E-state index < -0.39 is 42.3 Å². The van der Waals surface area contributed by atoms with Crippen molar-refractivity contribution in [2.75, 3.05) is 19.8 Å². The molecule has 1 saturated heterocycles. The zero-order valence-electron chi connectivity index (χ0n) is 15.1. The van der Waals surface area contributed by atoms with Gasteiger partial charge in [0.05, 0.1) is 31.3 Å². The fourth-order valence-electron chi connectivity index (χ4n) is 3.16. The molecule has 146 valence electrons. The number of aliphatic carboxylic acids is 1. The molecule has 4 unspecified atom stereocenters. The lowest BCUT2D eigenvalue weighted by Crippen LogP contribution is -2.65. The smallest absolute Gasteiger partial charge is 0.364 e. The molecule has 0 saturated carbocycles. The number of carboxylic acid groups (broad SMARTS) is 1. The predicted molar refractivity (Wildman–Crippen MR) is 89.8 cm³/mol. The summed E-state index contributed by atoms with van der Waals surface area (Å²) in [4.78, 5) is 23.3. The van der Waals surface area contributed by atoms with Crippen LogP contribution in [0.5, 0.6) is 0 Å². The zero-order chi connectivity index (χ0) is 18.9. The first-order chi connectivity index (χ1) is 11.9. The molecule has 0 aromatic heterocycles. The molecule has 0 bridgehead atoms. The van der Waals surface area contributed by atoms with Crippen LogP contribution in [0, 0.1) is 5.92 Å². The van der Waals surface area contributed by atoms with Crippen molar-refractivity contribution in [3.8, 4) is 0 Å². The summed E-state index contributed by atoms with van der Waals surface area (Å²) in [6.45, 7) is 3.27. The van der Waals surface area contributed by atoms with E-state index in [9.17, 15) is 19.8 Å². The number of rotatable bonds is 11. The topological polar surface area (TPSA) is 125 Å². The third kappa shape index (κ3) is 5.64. The highest BCUT2D eigenvalue weighted by Gasteiger charge is 2.56. The molecule has 8 heteroatoms. The molecule has 4 N–H and O–H groups in total. The minimum atomic E-state index is -1.91. The van der Waals surface area contributed by atoms with E-state index in [4.69, 9.17) is 14.6 Å². The molecule has 0 aromatic carbocycles. The van der Waals surface area contributed by atoms with Crippen LogP contribution in [-0.4, -0.2) is 64.9 Å². The minimum absolute atomic E-state index is 0.200.